The van der Waals surface area contributed by atoms with E-state index in [1.165, 1.54) is 19.1 Å². The van der Waals surface area contributed by atoms with Crippen molar-refractivity contribution in [3.63, 3.8) is 0 Å². The number of rotatable bonds is 3. The third-order valence-electron chi connectivity index (χ3n) is 1.85. The Kier molecular flexibility index (Phi) is 3.71. The summed E-state index contributed by atoms with van der Waals surface area (Å²) in [6.45, 7) is 1.17. The van der Waals surface area contributed by atoms with Gasteiger partial charge in [-0.3, -0.25) is 4.79 Å². The van der Waals surface area contributed by atoms with Crippen LogP contribution < -0.4 is 5.32 Å². The fourth-order valence-corrected chi connectivity index (χ4v) is 1.15. The van der Waals surface area contributed by atoms with E-state index in [0.29, 0.717) is 0 Å². The Labute approximate surface area is 96.8 Å². The molecule has 0 aromatic heterocycles. The Morgan fingerprint density at radius 3 is 2.41 bits per heavy atom. The predicted octanol–water partition coefficient (Wildman–Crippen LogP) is 0.659. The Morgan fingerprint density at radius 1 is 1.29 bits per heavy atom. The zero-order valence-corrected chi connectivity index (χ0v) is 8.97. The maximum Gasteiger partial charge on any atom is 0.352 e. The summed E-state index contributed by atoms with van der Waals surface area (Å²) in [5.74, 6) is -2.28. The average Bonchev–Trinajstić information content (AvgIpc) is 2.19. The lowest BCUT2D eigenvalue weighted by Gasteiger charge is -2.04. The first-order valence-corrected chi connectivity index (χ1v) is 4.64. The minimum absolute atomic E-state index is 0.143. The van der Waals surface area contributed by atoms with Crippen LogP contribution in [-0.2, 0) is 9.59 Å². The molecule has 0 bridgehead atoms. The lowest BCUT2D eigenvalue weighted by molar-refractivity contribution is -0.134. The molecule has 0 saturated carbocycles. The largest absolute Gasteiger partial charge is 0.508 e. The van der Waals surface area contributed by atoms with Crippen LogP contribution in [-0.4, -0.2) is 27.2 Å². The van der Waals surface area contributed by atoms with Crippen molar-refractivity contribution < 1.29 is 24.9 Å². The summed E-state index contributed by atoms with van der Waals surface area (Å²) < 4.78 is 0. The molecule has 1 rings (SSSR count). The number of aromatic hydroxyl groups is 2. The maximum absolute atomic E-state index is 10.8. The molecule has 1 aromatic rings. The van der Waals surface area contributed by atoms with Crippen molar-refractivity contribution in [3.8, 4) is 11.5 Å². The molecular formula is C11H11NO5. The molecule has 90 valence electrons. The summed E-state index contributed by atoms with van der Waals surface area (Å²) in [5, 5.41) is 29.4. The summed E-state index contributed by atoms with van der Waals surface area (Å²) in [6.07, 6.45) is 1.10. The fourth-order valence-electron chi connectivity index (χ4n) is 1.15. The number of hydrogen-bond acceptors (Lipinski definition) is 4. The lowest BCUT2D eigenvalue weighted by Crippen LogP contribution is -2.24. The SMILES string of the molecule is CC(=O)N/C(=C\c1ccc(O)cc1O)C(=O)O. The third kappa shape index (κ3) is 3.53. The van der Waals surface area contributed by atoms with Crippen molar-refractivity contribution in [1.82, 2.24) is 5.32 Å². The van der Waals surface area contributed by atoms with Gasteiger partial charge in [0.1, 0.15) is 17.2 Å². The summed E-state index contributed by atoms with van der Waals surface area (Å²) in [6, 6.07) is 3.69. The van der Waals surface area contributed by atoms with E-state index >= 15 is 0 Å². The van der Waals surface area contributed by atoms with Gasteiger partial charge < -0.3 is 20.6 Å². The number of nitrogens with one attached hydrogen (secondary N) is 1. The number of benzene rings is 1. The summed E-state index contributed by atoms with van der Waals surface area (Å²) in [7, 11) is 0. The summed E-state index contributed by atoms with van der Waals surface area (Å²) >= 11 is 0. The highest BCUT2D eigenvalue weighted by atomic mass is 16.4. The van der Waals surface area contributed by atoms with Crippen molar-refractivity contribution in [2.24, 2.45) is 0 Å². The predicted molar refractivity (Wildman–Crippen MR) is 59.2 cm³/mol. The van der Waals surface area contributed by atoms with Gasteiger partial charge in [0.05, 0.1) is 0 Å². The van der Waals surface area contributed by atoms with Gasteiger partial charge in [0.25, 0.3) is 0 Å². The van der Waals surface area contributed by atoms with Crippen LogP contribution in [0.4, 0.5) is 0 Å². The van der Waals surface area contributed by atoms with Crippen LogP contribution in [0.25, 0.3) is 6.08 Å². The van der Waals surface area contributed by atoms with Crippen molar-refractivity contribution in [2.75, 3.05) is 0 Å². The van der Waals surface area contributed by atoms with Gasteiger partial charge in [-0.1, -0.05) is 0 Å². The number of carbonyl (C=O) groups excluding carboxylic acids is 1. The van der Waals surface area contributed by atoms with Crippen LogP contribution >= 0.6 is 0 Å². The molecule has 0 unspecified atom stereocenters. The topological polar surface area (TPSA) is 107 Å². The van der Waals surface area contributed by atoms with E-state index < -0.39 is 11.9 Å². The molecule has 0 heterocycles. The van der Waals surface area contributed by atoms with Crippen molar-refractivity contribution in [2.45, 2.75) is 6.92 Å². The molecule has 1 aromatic carbocycles. The smallest absolute Gasteiger partial charge is 0.352 e. The summed E-state index contributed by atoms with van der Waals surface area (Å²) in [4.78, 5) is 21.6. The molecule has 0 fully saturated rings. The summed E-state index contributed by atoms with van der Waals surface area (Å²) in [5.41, 5.74) is -0.188. The number of carboxylic acids is 1. The van der Waals surface area contributed by atoms with Gasteiger partial charge in [-0.05, 0) is 18.2 Å². The van der Waals surface area contributed by atoms with E-state index in [2.05, 4.69) is 5.32 Å². The molecule has 6 heteroatoms. The minimum atomic E-state index is -1.33. The quantitative estimate of drug-likeness (QED) is 0.578. The molecule has 0 aliphatic rings. The van der Waals surface area contributed by atoms with E-state index in [4.69, 9.17) is 10.2 Å². The highest BCUT2D eigenvalue weighted by Crippen LogP contribution is 2.24. The number of carboxylic acid groups (broad SMARTS) is 1. The zero-order valence-electron chi connectivity index (χ0n) is 8.97. The first-order valence-electron chi connectivity index (χ1n) is 4.64. The number of phenolic OH excluding ortho intramolecular Hbond substituents is 2. The number of amides is 1. The first kappa shape index (κ1) is 12.6. The van der Waals surface area contributed by atoms with Crippen molar-refractivity contribution >= 4 is 18.0 Å². The van der Waals surface area contributed by atoms with Crippen molar-refractivity contribution in [1.29, 1.82) is 0 Å². The molecular weight excluding hydrogens is 226 g/mol. The van der Waals surface area contributed by atoms with Gasteiger partial charge in [0.15, 0.2) is 0 Å². The molecule has 0 aliphatic carbocycles. The third-order valence-corrected chi connectivity index (χ3v) is 1.85. The lowest BCUT2D eigenvalue weighted by atomic mass is 10.1. The van der Waals surface area contributed by atoms with Crippen LogP contribution in [0.5, 0.6) is 11.5 Å². The molecule has 0 spiro atoms. The fraction of sp³-hybridized carbons (Fsp3) is 0.0909. The second-order valence-electron chi connectivity index (χ2n) is 3.29. The molecule has 0 atom stereocenters. The van der Waals surface area contributed by atoms with Crippen LogP contribution in [0, 0.1) is 0 Å². The van der Waals surface area contributed by atoms with Gasteiger partial charge in [-0.25, -0.2) is 4.79 Å². The standard InChI is InChI=1S/C11H11NO5/c1-6(13)12-9(11(16)17)4-7-2-3-8(14)5-10(7)15/h2-5,14-15H,1H3,(H,12,13)(H,16,17)/b9-4-. The van der Waals surface area contributed by atoms with E-state index in [-0.39, 0.29) is 22.8 Å². The molecule has 0 saturated heterocycles. The monoisotopic (exact) mass is 237 g/mol. The van der Waals surface area contributed by atoms with E-state index in [9.17, 15) is 14.7 Å². The number of aliphatic carboxylic acids is 1. The van der Waals surface area contributed by atoms with Crippen molar-refractivity contribution in [3.05, 3.63) is 29.5 Å². The van der Waals surface area contributed by atoms with E-state index in [1.807, 2.05) is 0 Å². The van der Waals surface area contributed by atoms with E-state index in [1.54, 1.807) is 0 Å². The molecule has 17 heavy (non-hydrogen) atoms. The first-order chi connectivity index (χ1) is 7.90. The second kappa shape index (κ2) is 5.02. The number of phenols is 2. The maximum atomic E-state index is 10.8. The van der Waals surface area contributed by atoms with Crippen LogP contribution in [0.3, 0.4) is 0 Å². The average molecular weight is 237 g/mol. The Morgan fingerprint density at radius 2 is 1.94 bits per heavy atom. The van der Waals surface area contributed by atoms with E-state index in [0.717, 1.165) is 12.1 Å². The normalized spacial score (nSPS) is 11.0. The molecule has 0 radical (unpaired) electrons. The number of carbonyl (C=O) groups is 2. The molecule has 0 aliphatic heterocycles. The Hall–Kier alpha value is -2.50. The van der Waals surface area contributed by atoms with Gasteiger partial charge in [0, 0.05) is 18.6 Å². The van der Waals surface area contributed by atoms with Gasteiger partial charge in [0.2, 0.25) is 5.91 Å². The van der Waals surface area contributed by atoms with Gasteiger partial charge in [-0.15, -0.1) is 0 Å². The zero-order chi connectivity index (χ0) is 13.0. The van der Waals surface area contributed by atoms with Crippen LogP contribution in [0.15, 0.2) is 23.9 Å². The molecule has 4 N–H and O–H groups in total. The minimum Gasteiger partial charge on any atom is -0.508 e. The highest BCUT2D eigenvalue weighted by molar-refractivity contribution is 5.96. The Bertz CT molecular complexity index is 493. The highest BCUT2D eigenvalue weighted by Gasteiger charge is 2.10. The Balaban J connectivity index is 3.12. The second-order valence-corrected chi connectivity index (χ2v) is 3.29. The van der Waals surface area contributed by atoms with Crippen LogP contribution in [0.1, 0.15) is 12.5 Å². The number of hydrogen-bond donors (Lipinski definition) is 4. The molecule has 6 nitrogen and oxygen atoms in total. The molecule has 1 amide bonds. The van der Waals surface area contributed by atoms with Crippen LogP contribution in [0.2, 0.25) is 0 Å². The van der Waals surface area contributed by atoms with Gasteiger partial charge in [-0.2, -0.15) is 0 Å². The van der Waals surface area contributed by atoms with Gasteiger partial charge >= 0.3 is 5.97 Å².